The lowest BCUT2D eigenvalue weighted by Gasteiger charge is -2.41. The zero-order valence-corrected chi connectivity index (χ0v) is 15.5. The minimum atomic E-state index is -0.298. The zero-order chi connectivity index (χ0) is 19.0. The van der Waals surface area contributed by atoms with Crippen molar-refractivity contribution < 1.29 is 9.53 Å². The van der Waals surface area contributed by atoms with Crippen molar-refractivity contribution in [2.75, 3.05) is 13.1 Å². The lowest BCUT2D eigenvalue weighted by Crippen LogP contribution is -2.51. The Balaban J connectivity index is 1.20. The van der Waals surface area contributed by atoms with Gasteiger partial charge in [0.05, 0.1) is 11.7 Å². The molecule has 142 valence electrons. The van der Waals surface area contributed by atoms with E-state index in [1.54, 1.807) is 6.20 Å². The van der Waals surface area contributed by atoms with E-state index in [1.165, 1.54) is 0 Å². The maximum atomic E-state index is 12.6. The van der Waals surface area contributed by atoms with Crippen molar-refractivity contribution in [2.45, 2.75) is 25.0 Å². The molecular weight excluding hydrogens is 352 g/mol. The van der Waals surface area contributed by atoms with Crippen molar-refractivity contribution in [1.82, 2.24) is 19.8 Å². The molecule has 0 radical (unpaired) electrons. The smallest absolute Gasteiger partial charge is 0.317 e. The number of piperidine rings is 1. The Morgan fingerprint density at radius 1 is 1.14 bits per heavy atom. The van der Waals surface area contributed by atoms with Crippen LogP contribution in [-0.2, 0) is 6.54 Å². The number of ether oxygens (including phenoxy) is 1. The van der Waals surface area contributed by atoms with Crippen molar-refractivity contribution in [3.63, 3.8) is 0 Å². The van der Waals surface area contributed by atoms with Gasteiger partial charge in [-0.25, -0.2) is 9.31 Å². The molecule has 0 unspecified atom stereocenters. The monoisotopic (exact) mass is 374 g/mol. The van der Waals surface area contributed by atoms with E-state index >= 15 is 0 Å². The zero-order valence-electron chi connectivity index (χ0n) is 15.5. The second-order valence-corrected chi connectivity index (χ2v) is 7.38. The molecule has 2 aromatic heterocycles. The number of nitrogens with one attached hydrogen (secondary N) is 1. The van der Waals surface area contributed by atoms with E-state index in [9.17, 15) is 4.79 Å². The summed E-state index contributed by atoms with van der Waals surface area (Å²) in [5, 5.41) is 7.34. The van der Waals surface area contributed by atoms with Gasteiger partial charge >= 0.3 is 6.03 Å². The summed E-state index contributed by atoms with van der Waals surface area (Å²) in [5.74, 6) is 0.927. The number of hydrogen-bond acceptors (Lipinski definition) is 3. The minimum absolute atomic E-state index is 0.0367. The lowest BCUT2D eigenvalue weighted by molar-refractivity contribution is 0.0497. The van der Waals surface area contributed by atoms with Gasteiger partial charge in [0, 0.05) is 49.8 Å². The molecule has 2 amide bonds. The Hall–Kier alpha value is -3.28. The summed E-state index contributed by atoms with van der Waals surface area (Å²) in [6, 6.07) is 14.0. The molecule has 6 nitrogen and oxygen atoms in total. The summed E-state index contributed by atoms with van der Waals surface area (Å²) in [6.45, 7) is 1.82. The predicted molar refractivity (Wildman–Crippen MR) is 107 cm³/mol. The molecule has 1 spiro atoms. The molecule has 1 fully saturated rings. The number of amides is 2. The van der Waals surface area contributed by atoms with Crippen LogP contribution in [0.3, 0.4) is 0 Å². The fourth-order valence-electron chi connectivity index (χ4n) is 3.97. The third-order valence-electron chi connectivity index (χ3n) is 5.63. The van der Waals surface area contributed by atoms with Crippen LogP contribution in [0, 0.1) is 0 Å². The highest BCUT2D eigenvalue weighted by Crippen LogP contribution is 2.36. The average molecular weight is 374 g/mol. The molecule has 0 saturated carbocycles. The van der Waals surface area contributed by atoms with Gasteiger partial charge in [-0.1, -0.05) is 30.3 Å². The number of carbonyl (C=O) groups excluding carboxylic acids is 1. The van der Waals surface area contributed by atoms with Crippen molar-refractivity contribution in [1.29, 1.82) is 0 Å². The Morgan fingerprint density at radius 2 is 1.96 bits per heavy atom. The van der Waals surface area contributed by atoms with Gasteiger partial charge in [-0.05, 0) is 24.3 Å². The van der Waals surface area contributed by atoms with E-state index < -0.39 is 0 Å². The Kier molecular flexibility index (Phi) is 4.04. The summed E-state index contributed by atoms with van der Waals surface area (Å²) in [7, 11) is 0. The van der Waals surface area contributed by atoms with Crippen LogP contribution >= 0.6 is 0 Å². The van der Waals surface area contributed by atoms with Gasteiger partial charge in [0.15, 0.2) is 0 Å². The number of pyridine rings is 1. The summed E-state index contributed by atoms with van der Waals surface area (Å²) in [6.07, 6.45) is 9.59. The van der Waals surface area contributed by atoms with E-state index in [-0.39, 0.29) is 11.6 Å². The maximum absolute atomic E-state index is 12.6. The second-order valence-electron chi connectivity index (χ2n) is 7.38. The van der Waals surface area contributed by atoms with Gasteiger partial charge < -0.3 is 15.0 Å². The van der Waals surface area contributed by atoms with Crippen LogP contribution in [0.15, 0.2) is 60.9 Å². The summed E-state index contributed by atoms with van der Waals surface area (Å²) in [4.78, 5) is 14.5. The third-order valence-corrected chi connectivity index (χ3v) is 5.63. The molecule has 0 aliphatic carbocycles. The standard InChI is InChI=1S/C22H22N4O2/c27-21(23-15-18-16-24-26-12-4-3-6-19(18)26)25-13-10-22(11-14-25)9-8-17-5-1-2-7-20(17)28-22/h1-9,12,16H,10-11,13-15H2,(H,23,27). The molecule has 3 aromatic rings. The molecule has 4 heterocycles. The first kappa shape index (κ1) is 16.9. The van der Waals surface area contributed by atoms with Gasteiger partial charge in [-0.2, -0.15) is 5.10 Å². The first-order chi connectivity index (χ1) is 13.7. The largest absolute Gasteiger partial charge is 0.482 e. The maximum Gasteiger partial charge on any atom is 0.317 e. The fourth-order valence-corrected chi connectivity index (χ4v) is 3.97. The molecule has 0 atom stereocenters. The average Bonchev–Trinajstić information content (AvgIpc) is 3.16. The number of benzene rings is 1. The normalized spacial score (nSPS) is 17.4. The number of carbonyl (C=O) groups is 1. The number of nitrogens with zero attached hydrogens (tertiary/aromatic N) is 3. The van der Waals surface area contributed by atoms with Crippen LogP contribution in [0.5, 0.6) is 5.75 Å². The van der Waals surface area contributed by atoms with Crippen molar-refractivity contribution in [2.24, 2.45) is 0 Å². The van der Waals surface area contributed by atoms with E-state index in [0.29, 0.717) is 19.6 Å². The SMILES string of the molecule is O=C(NCc1cnn2ccccc12)N1CCC2(C=Cc3ccccc3O2)CC1. The van der Waals surface area contributed by atoms with Gasteiger partial charge in [0.1, 0.15) is 11.4 Å². The number of aromatic nitrogens is 2. The van der Waals surface area contributed by atoms with E-state index in [1.807, 2.05) is 52.0 Å². The number of para-hydroxylation sites is 1. The molecule has 6 heteroatoms. The Labute approximate surface area is 163 Å². The first-order valence-electron chi connectivity index (χ1n) is 9.64. The molecule has 5 rings (SSSR count). The van der Waals surface area contributed by atoms with E-state index in [0.717, 1.165) is 35.2 Å². The van der Waals surface area contributed by atoms with Crippen LogP contribution in [0.2, 0.25) is 0 Å². The van der Waals surface area contributed by atoms with Crippen LogP contribution in [0.4, 0.5) is 4.79 Å². The van der Waals surface area contributed by atoms with Crippen LogP contribution < -0.4 is 10.1 Å². The molecule has 1 N–H and O–H groups in total. The molecular formula is C22H22N4O2. The summed E-state index contributed by atoms with van der Waals surface area (Å²) in [5.41, 5.74) is 2.84. The van der Waals surface area contributed by atoms with Gasteiger partial charge in [-0.15, -0.1) is 0 Å². The summed E-state index contributed by atoms with van der Waals surface area (Å²) >= 11 is 0. The first-order valence-corrected chi connectivity index (χ1v) is 9.64. The Bertz CT molecular complexity index is 1050. The number of hydrogen-bond donors (Lipinski definition) is 1. The van der Waals surface area contributed by atoms with Gasteiger partial charge in [-0.3, -0.25) is 0 Å². The van der Waals surface area contributed by atoms with E-state index in [4.69, 9.17) is 4.74 Å². The second kappa shape index (κ2) is 6.71. The molecule has 1 saturated heterocycles. The third kappa shape index (κ3) is 3.01. The van der Waals surface area contributed by atoms with Gasteiger partial charge in [0.2, 0.25) is 0 Å². The highest BCUT2D eigenvalue weighted by molar-refractivity contribution is 5.75. The number of urea groups is 1. The lowest BCUT2D eigenvalue weighted by atomic mass is 9.88. The minimum Gasteiger partial charge on any atom is -0.482 e. The number of rotatable bonds is 2. The highest BCUT2D eigenvalue weighted by Gasteiger charge is 2.37. The molecule has 28 heavy (non-hydrogen) atoms. The number of likely N-dealkylation sites (tertiary alicyclic amines) is 1. The van der Waals surface area contributed by atoms with Crippen molar-refractivity contribution in [3.05, 3.63) is 72.1 Å². The van der Waals surface area contributed by atoms with Crippen LogP contribution in [0.1, 0.15) is 24.0 Å². The predicted octanol–water partition coefficient (Wildman–Crippen LogP) is 3.48. The molecule has 2 aliphatic rings. The van der Waals surface area contributed by atoms with E-state index in [2.05, 4.69) is 28.6 Å². The van der Waals surface area contributed by atoms with Crippen LogP contribution in [0.25, 0.3) is 11.6 Å². The van der Waals surface area contributed by atoms with Crippen molar-refractivity contribution in [3.8, 4) is 5.75 Å². The molecule has 1 aromatic carbocycles. The molecule has 0 bridgehead atoms. The highest BCUT2D eigenvalue weighted by atomic mass is 16.5. The number of fused-ring (bicyclic) bond motifs is 2. The van der Waals surface area contributed by atoms with Crippen molar-refractivity contribution >= 4 is 17.6 Å². The summed E-state index contributed by atoms with van der Waals surface area (Å²) < 4.78 is 8.12. The van der Waals surface area contributed by atoms with Crippen LogP contribution in [-0.4, -0.2) is 39.2 Å². The molecule has 2 aliphatic heterocycles. The topological polar surface area (TPSA) is 58.9 Å². The quantitative estimate of drug-likeness (QED) is 0.747. The fraction of sp³-hybridized carbons (Fsp3) is 0.273. The Morgan fingerprint density at radius 3 is 2.86 bits per heavy atom. The van der Waals surface area contributed by atoms with Gasteiger partial charge in [0.25, 0.3) is 0 Å².